The predicted molar refractivity (Wildman–Crippen MR) is 145 cm³/mol. The number of pyridine rings is 2. The van der Waals surface area contributed by atoms with Crippen molar-refractivity contribution in [1.29, 1.82) is 5.26 Å². The predicted octanol–water partition coefficient (Wildman–Crippen LogP) is 5.83. The Labute approximate surface area is 230 Å². The minimum atomic E-state index is -9.89. The lowest BCUT2D eigenvalue weighted by Gasteiger charge is -2.40. The molecule has 0 saturated carbocycles. The second kappa shape index (κ2) is 9.38. The molecule has 1 aromatic carbocycles. The summed E-state index contributed by atoms with van der Waals surface area (Å²) in [4.78, 5) is 24.9. The van der Waals surface area contributed by atoms with E-state index in [1.54, 1.807) is 18.0 Å². The molecule has 5 rings (SSSR count). The highest BCUT2D eigenvalue weighted by molar-refractivity contribution is 8.45. The summed E-state index contributed by atoms with van der Waals surface area (Å²) in [5.41, 5.74) is 0.509. The second-order valence-electron chi connectivity index (χ2n) is 9.55. The number of rotatable bonds is 6. The normalized spacial score (nSPS) is 16.5. The molecule has 3 aromatic heterocycles. The zero-order valence-electron chi connectivity index (χ0n) is 21.8. The SMILES string of the molecule is Cc1nc(N[C@H](C)c2cccc(S(F)(F)(F)(F)F)c2)c2cn(N3CCOCC3)c(=O)c(-c3ccc(C#N)nc3)c2n1. The summed E-state index contributed by atoms with van der Waals surface area (Å²) in [6.45, 7) is 4.67. The van der Waals surface area contributed by atoms with Gasteiger partial charge in [0.2, 0.25) is 0 Å². The molecule has 0 unspecified atom stereocenters. The Morgan fingerprint density at radius 2 is 1.83 bits per heavy atom. The first-order valence-electron chi connectivity index (χ1n) is 12.4. The highest BCUT2D eigenvalue weighted by Gasteiger charge is 2.65. The molecule has 0 amide bonds. The van der Waals surface area contributed by atoms with E-state index < -0.39 is 26.7 Å². The van der Waals surface area contributed by atoms with Gasteiger partial charge in [-0.1, -0.05) is 31.6 Å². The molecular weight excluding hydrogens is 569 g/mol. The van der Waals surface area contributed by atoms with Crippen LogP contribution >= 0.6 is 10.2 Å². The quantitative estimate of drug-likeness (QED) is 0.278. The van der Waals surface area contributed by atoms with Crippen molar-refractivity contribution in [2.45, 2.75) is 24.8 Å². The molecule has 0 spiro atoms. The van der Waals surface area contributed by atoms with Gasteiger partial charge >= 0.3 is 10.2 Å². The Bertz CT molecular complexity index is 1750. The van der Waals surface area contributed by atoms with Crippen molar-refractivity contribution in [2.24, 2.45) is 0 Å². The van der Waals surface area contributed by atoms with E-state index in [-0.39, 0.29) is 34.0 Å². The Hall–Kier alpha value is -4.29. The third kappa shape index (κ3) is 5.79. The van der Waals surface area contributed by atoms with Gasteiger partial charge in [0.05, 0.1) is 48.8 Å². The molecule has 41 heavy (non-hydrogen) atoms. The maximum absolute atomic E-state index is 13.8. The van der Waals surface area contributed by atoms with Crippen molar-refractivity contribution in [3.8, 4) is 17.2 Å². The maximum Gasteiger partial charge on any atom is 0.310 e. The zero-order valence-corrected chi connectivity index (χ0v) is 22.6. The summed E-state index contributed by atoms with van der Waals surface area (Å²) >= 11 is 0. The van der Waals surface area contributed by atoms with Crippen LogP contribution in [0.15, 0.2) is 58.5 Å². The van der Waals surface area contributed by atoms with Gasteiger partial charge in [-0.25, -0.2) is 19.6 Å². The third-order valence-electron chi connectivity index (χ3n) is 6.58. The van der Waals surface area contributed by atoms with Gasteiger partial charge in [0.1, 0.15) is 28.3 Å². The average Bonchev–Trinajstić information content (AvgIpc) is 2.92. The minimum absolute atomic E-state index is 0.0434. The van der Waals surface area contributed by atoms with Crippen molar-refractivity contribution in [2.75, 3.05) is 36.6 Å². The number of fused-ring (bicyclic) bond motifs is 1. The number of nitriles is 1. The third-order valence-corrected chi connectivity index (χ3v) is 7.73. The van der Waals surface area contributed by atoms with Gasteiger partial charge in [-0.15, -0.1) is 0 Å². The molecule has 1 fully saturated rings. The van der Waals surface area contributed by atoms with Crippen LogP contribution in [0.4, 0.5) is 25.2 Å². The fraction of sp³-hybridized carbons (Fsp3) is 0.269. The number of ether oxygens (including phenoxy) is 1. The molecule has 0 aliphatic carbocycles. The van der Waals surface area contributed by atoms with Crippen LogP contribution in [0.5, 0.6) is 0 Å². The van der Waals surface area contributed by atoms with Crippen LogP contribution in [0.2, 0.25) is 0 Å². The molecular formula is C26H24F5N7O2S. The Kier molecular flexibility index (Phi) is 6.47. The largest absolute Gasteiger partial charge is 0.378 e. The van der Waals surface area contributed by atoms with Crippen LogP contribution < -0.4 is 15.9 Å². The van der Waals surface area contributed by atoms with E-state index in [9.17, 15) is 24.2 Å². The highest BCUT2D eigenvalue weighted by atomic mass is 32.5. The van der Waals surface area contributed by atoms with E-state index in [0.717, 1.165) is 6.07 Å². The van der Waals surface area contributed by atoms with Crippen LogP contribution in [-0.2, 0) is 4.74 Å². The molecule has 4 aromatic rings. The maximum atomic E-state index is 13.8. The smallest absolute Gasteiger partial charge is 0.310 e. The number of aryl methyl sites for hydroxylation is 1. The van der Waals surface area contributed by atoms with Crippen LogP contribution in [0.3, 0.4) is 0 Å². The summed E-state index contributed by atoms with van der Waals surface area (Å²) in [5, 5.41) is 14.3. The lowest BCUT2D eigenvalue weighted by molar-refractivity contribution is 0.111. The number of morpholine rings is 1. The van der Waals surface area contributed by atoms with Gasteiger partial charge in [0.15, 0.2) is 0 Å². The molecule has 0 radical (unpaired) electrons. The highest BCUT2D eigenvalue weighted by Crippen LogP contribution is 3.02. The van der Waals surface area contributed by atoms with Crippen LogP contribution in [0, 0.1) is 18.3 Å². The average molecular weight is 594 g/mol. The second-order valence-corrected chi connectivity index (χ2v) is 12.0. The number of nitrogens with one attached hydrogen (secondary N) is 1. The van der Waals surface area contributed by atoms with Crippen LogP contribution in [0.25, 0.3) is 22.0 Å². The lowest BCUT2D eigenvalue weighted by atomic mass is 10.1. The van der Waals surface area contributed by atoms with E-state index >= 15 is 0 Å². The molecule has 1 aliphatic heterocycles. The van der Waals surface area contributed by atoms with Gasteiger partial charge in [0.25, 0.3) is 5.56 Å². The van der Waals surface area contributed by atoms with Gasteiger partial charge < -0.3 is 15.1 Å². The molecule has 216 valence electrons. The summed E-state index contributed by atoms with van der Waals surface area (Å²) in [6, 6.07) is 7.08. The number of anilines is 1. The number of benzene rings is 1. The number of aromatic nitrogens is 4. The van der Waals surface area contributed by atoms with Gasteiger partial charge in [-0.05, 0) is 43.7 Å². The zero-order chi connectivity index (χ0) is 29.6. The van der Waals surface area contributed by atoms with Crippen LogP contribution in [-0.4, -0.2) is 45.9 Å². The number of nitrogens with zero attached hydrogens (tertiary/aromatic N) is 6. The van der Waals surface area contributed by atoms with Crippen molar-refractivity contribution < 1.29 is 24.2 Å². The number of hydrogen-bond acceptors (Lipinski definition) is 8. The van der Waals surface area contributed by atoms with E-state index in [1.807, 2.05) is 6.07 Å². The van der Waals surface area contributed by atoms with Gasteiger partial charge in [-0.2, -0.15) is 5.26 Å². The lowest BCUT2D eigenvalue weighted by Crippen LogP contribution is -2.49. The van der Waals surface area contributed by atoms with E-state index in [0.29, 0.717) is 49.4 Å². The van der Waals surface area contributed by atoms with Gasteiger partial charge in [-0.3, -0.25) is 4.79 Å². The van der Waals surface area contributed by atoms with Crippen molar-refractivity contribution >= 4 is 26.9 Å². The fourth-order valence-corrected chi connectivity index (χ4v) is 5.25. The molecule has 0 bridgehead atoms. The van der Waals surface area contributed by atoms with Crippen molar-refractivity contribution in [3.05, 3.63) is 76.2 Å². The van der Waals surface area contributed by atoms with Crippen molar-refractivity contribution in [3.63, 3.8) is 0 Å². The molecule has 4 heterocycles. The first kappa shape index (κ1) is 28.2. The Morgan fingerprint density at radius 1 is 1.10 bits per heavy atom. The molecule has 1 aliphatic rings. The van der Waals surface area contributed by atoms with E-state index in [4.69, 9.17) is 10.00 Å². The summed E-state index contributed by atoms with van der Waals surface area (Å²) in [6.07, 6.45) is 2.92. The van der Waals surface area contributed by atoms with Gasteiger partial charge in [0, 0.05) is 18.0 Å². The topological polar surface area (TPSA) is 109 Å². The summed E-state index contributed by atoms with van der Waals surface area (Å²) in [5.74, 6) is 0.432. The molecule has 1 saturated heterocycles. The monoisotopic (exact) mass is 593 g/mol. The first-order chi connectivity index (χ1) is 19.1. The molecule has 1 N–H and O–H groups in total. The standard InChI is InChI=1S/C26H24F5N7O2S/c1-16(18-4-3-5-21(12-18)41(27,28,29,30)31)34-25-22-15-38(37-8-10-40-11-9-37)26(39)23(24(22)35-17(2)36-25)19-6-7-20(13-32)33-14-19/h3-7,12,14-16H,8-11H2,1-2H3,(H,34,35,36)/t16-/m1/s1. The van der Waals surface area contributed by atoms with Crippen LogP contribution in [0.1, 0.15) is 30.0 Å². The van der Waals surface area contributed by atoms with E-state index in [1.165, 1.54) is 36.1 Å². The summed E-state index contributed by atoms with van der Waals surface area (Å²) in [7, 11) is -9.89. The molecule has 15 heteroatoms. The first-order valence-corrected chi connectivity index (χ1v) is 14.3. The number of hydrogen-bond donors (Lipinski definition) is 1. The summed E-state index contributed by atoms with van der Waals surface area (Å²) < 4.78 is 74.2. The van der Waals surface area contributed by atoms with E-state index in [2.05, 4.69) is 20.3 Å². The number of halogens is 5. The minimum Gasteiger partial charge on any atom is -0.378 e. The molecule has 9 nitrogen and oxygen atoms in total. The van der Waals surface area contributed by atoms with Crippen molar-refractivity contribution in [1.82, 2.24) is 19.6 Å². The molecule has 1 atom stereocenters. The Morgan fingerprint density at radius 3 is 2.46 bits per heavy atom. The Balaban J connectivity index is 1.68. The fourth-order valence-electron chi connectivity index (χ4n) is 4.56.